The lowest BCUT2D eigenvalue weighted by Crippen LogP contribution is -2.54. The topological polar surface area (TPSA) is 149 Å². The molecule has 1 saturated carbocycles. The van der Waals surface area contributed by atoms with E-state index < -0.39 is 29.7 Å². The molecule has 0 bridgehead atoms. The van der Waals surface area contributed by atoms with Gasteiger partial charge in [-0.1, -0.05) is 29.4 Å². The number of carbonyl (C=O) groups excluding carboxylic acids is 4. The van der Waals surface area contributed by atoms with Gasteiger partial charge in [-0.05, 0) is 112 Å². The summed E-state index contributed by atoms with van der Waals surface area (Å²) in [7, 11) is 0. The molecule has 11 nitrogen and oxygen atoms in total. The first-order valence-corrected chi connectivity index (χ1v) is 17.5. The maximum absolute atomic E-state index is 13.2. The smallest absolute Gasteiger partial charge is 0.262 e. The molecule has 4 amide bonds. The molecule has 2 N–H and O–H groups in total. The van der Waals surface area contributed by atoms with Crippen molar-refractivity contribution in [2.45, 2.75) is 77.2 Å². The van der Waals surface area contributed by atoms with Crippen molar-refractivity contribution < 1.29 is 23.7 Å². The number of amides is 4. The monoisotopic (exact) mass is 684 g/mol. The molecule has 3 aliphatic rings. The van der Waals surface area contributed by atoms with E-state index in [1.165, 1.54) is 0 Å². The molecular formula is C40H40N6O5. The number of nitrogens with one attached hydrogen (secondary N) is 2. The number of rotatable bonds is 12. The fraction of sp³-hybridized carbons (Fsp3) is 0.350. The van der Waals surface area contributed by atoms with Crippen LogP contribution in [-0.4, -0.2) is 52.8 Å². The lowest BCUT2D eigenvalue weighted by Gasteiger charge is -2.28. The Balaban J connectivity index is 1.01. The lowest BCUT2D eigenvalue weighted by molar-refractivity contribution is -0.136. The Labute approximate surface area is 296 Å². The third kappa shape index (κ3) is 6.38. The number of hydrogen-bond acceptors (Lipinski definition) is 9. The second kappa shape index (κ2) is 13.5. The van der Waals surface area contributed by atoms with E-state index in [1.807, 2.05) is 13.8 Å². The van der Waals surface area contributed by atoms with Crippen molar-refractivity contribution >= 4 is 40.7 Å². The van der Waals surface area contributed by atoms with Crippen molar-refractivity contribution in [1.82, 2.24) is 15.4 Å². The number of nitrogens with zero attached hydrogens (tertiary/aromatic N) is 4. The first-order valence-electron chi connectivity index (χ1n) is 17.5. The first kappa shape index (κ1) is 33.7. The number of unbranched alkanes of at least 4 members (excludes halogenated alkanes) is 2. The number of hydrogen-bond donors (Lipinski definition) is 2. The summed E-state index contributed by atoms with van der Waals surface area (Å²) in [6, 6.07) is 21.4. The zero-order valence-corrected chi connectivity index (χ0v) is 29.0. The van der Waals surface area contributed by atoms with Gasteiger partial charge in [0.25, 0.3) is 11.8 Å². The Hall–Kier alpha value is -5.76. The van der Waals surface area contributed by atoms with E-state index in [0.29, 0.717) is 6.54 Å². The summed E-state index contributed by atoms with van der Waals surface area (Å²) in [4.78, 5) is 53.6. The summed E-state index contributed by atoms with van der Waals surface area (Å²) in [6.07, 6.45) is 4.74. The number of carbonyl (C=O) groups is 4. The van der Waals surface area contributed by atoms with Crippen molar-refractivity contribution in [3.8, 4) is 17.2 Å². The molecule has 11 heteroatoms. The number of anilines is 3. The van der Waals surface area contributed by atoms with E-state index in [4.69, 9.17) is 4.52 Å². The molecule has 1 aliphatic carbocycles. The van der Waals surface area contributed by atoms with Crippen molar-refractivity contribution in [3.05, 3.63) is 94.4 Å². The zero-order chi connectivity index (χ0) is 35.9. The molecule has 0 spiro atoms. The molecule has 4 aromatic rings. The third-order valence-corrected chi connectivity index (χ3v) is 10.3. The Kier molecular flexibility index (Phi) is 8.93. The minimum atomic E-state index is -0.987. The SMILES string of the molecule is Cc1ccc(-c2c(C)noc2C)cc1N(CCCCCNc1ccc2c(c1)C(=O)N(C1CCC(=O)NC1=O)C2=O)c1ccc(C2(C#N)CC2)cc1. The van der Waals surface area contributed by atoms with Crippen LogP contribution in [-0.2, 0) is 15.0 Å². The molecule has 2 aliphatic heterocycles. The van der Waals surface area contributed by atoms with Gasteiger partial charge in [-0.15, -0.1) is 0 Å². The molecular weight excluding hydrogens is 644 g/mol. The summed E-state index contributed by atoms with van der Waals surface area (Å²) >= 11 is 0. The van der Waals surface area contributed by atoms with Gasteiger partial charge in [-0.3, -0.25) is 29.4 Å². The maximum atomic E-state index is 13.2. The van der Waals surface area contributed by atoms with Gasteiger partial charge in [0, 0.05) is 42.1 Å². The first-order chi connectivity index (χ1) is 24.6. The van der Waals surface area contributed by atoms with E-state index in [0.717, 1.165) is 94.3 Å². The van der Waals surface area contributed by atoms with Gasteiger partial charge >= 0.3 is 0 Å². The van der Waals surface area contributed by atoms with Crippen molar-refractivity contribution in [2.75, 3.05) is 23.3 Å². The second-order valence-corrected chi connectivity index (χ2v) is 13.8. The van der Waals surface area contributed by atoms with Crippen LogP contribution in [0, 0.1) is 32.1 Å². The standard InChI is InChI=1S/C40H40N6O5/c1-24-7-8-27(36-25(2)44-51-26(36)3)21-34(24)45(30-12-9-28(10-13-30)40(23-41)17-18-40)20-6-4-5-19-42-29-11-14-31-32(22-29)39(50)46(38(31)49)33-15-16-35(47)43-37(33)48/h7-14,21-22,33,42H,4-6,15-20H2,1-3H3,(H,43,47,48). The predicted octanol–water partition coefficient (Wildman–Crippen LogP) is 6.64. The van der Waals surface area contributed by atoms with Crippen molar-refractivity contribution in [1.29, 1.82) is 5.26 Å². The van der Waals surface area contributed by atoms with Crippen LogP contribution in [0.25, 0.3) is 11.1 Å². The largest absolute Gasteiger partial charge is 0.385 e. The van der Waals surface area contributed by atoms with Crippen molar-refractivity contribution in [3.63, 3.8) is 0 Å². The highest BCUT2D eigenvalue weighted by atomic mass is 16.5. The average molecular weight is 685 g/mol. The maximum Gasteiger partial charge on any atom is 0.262 e. The fourth-order valence-electron chi connectivity index (χ4n) is 7.28. The number of fused-ring (bicyclic) bond motifs is 1. The highest BCUT2D eigenvalue weighted by Crippen LogP contribution is 2.48. The third-order valence-electron chi connectivity index (χ3n) is 10.3. The summed E-state index contributed by atoms with van der Waals surface area (Å²) < 4.78 is 5.48. The number of aromatic nitrogens is 1. The molecule has 3 aromatic carbocycles. The molecule has 7 rings (SSSR count). The predicted molar refractivity (Wildman–Crippen MR) is 192 cm³/mol. The summed E-state index contributed by atoms with van der Waals surface area (Å²) in [6.45, 7) is 7.45. The van der Waals surface area contributed by atoms with Gasteiger partial charge in [0.05, 0.1) is 28.3 Å². The van der Waals surface area contributed by atoms with E-state index in [9.17, 15) is 24.4 Å². The molecule has 2 fully saturated rings. The van der Waals surface area contributed by atoms with Crippen LogP contribution in [0.3, 0.4) is 0 Å². The molecule has 51 heavy (non-hydrogen) atoms. The van der Waals surface area contributed by atoms with Gasteiger partial charge in [0.15, 0.2) is 0 Å². The van der Waals surface area contributed by atoms with Crippen LogP contribution >= 0.6 is 0 Å². The second-order valence-electron chi connectivity index (χ2n) is 13.8. The minimum absolute atomic E-state index is 0.0814. The molecule has 1 unspecified atom stereocenters. The van der Waals surface area contributed by atoms with Gasteiger partial charge in [0.1, 0.15) is 11.8 Å². The number of imide groups is 2. The van der Waals surface area contributed by atoms with Gasteiger partial charge in [-0.25, -0.2) is 0 Å². The van der Waals surface area contributed by atoms with Gasteiger partial charge in [0.2, 0.25) is 11.8 Å². The highest BCUT2D eigenvalue weighted by molar-refractivity contribution is 6.23. The van der Waals surface area contributed by atoms with Crippen LogP contribution in [0.1, 0.15) is 88.2 Å². The van der Waals surface area contributed by atoms with Crippen LogP contribution in [0.2, 0.25) is 0 Å². The Morgan fingerprint density at radius 2 is 1.73 bits per heavy atom. The fourth-order valence-corrected chi connectivity index (χ4v) is 7.28. The molecule has 0 radical (unpaired) electrons. The number of nitriles is 1. The summed E-state index contributed by atoms with van der Waals surface area (Å²) in [5.41, 5.74) is 8.18. The molecule has 1 atom stereocenters. The van der Waals surface area contributed by atoms with E-state index in [2.05, 4.69) is 76.1 Å². The van der Waals surface area contributed by atoms with E-state index >= 15 is 0 Å². The molecule has 3 heterocycles. The number of benzene rings is 3. The van der Waals surface area contributed by atoms with Crippen molar-refractivity contribution in [2.24, 2.45) is 0 Å². The quantitative estimate of drug-likeness (QED) is 0.124. The Morgan fingerprint density at radius 1 is 0.961 bits per heavy atom. The zero-order valence-electron chi connectivity index (χ0n) is 29.0. The van der Waals surface area contributed by atoms with E-state index in [-0.39, 0.29) is 29.4 Å². The highest BCUT2D eigenvalue weighted by Gasteiger charge is 2.45. The number of piperidine rings is 1. The number of aryl methyl sites for hydroxylation is 3. The summed E-state index contributed by atoms with van der Waals surface area (Å²) in [5.74, 6) is -1.27. The van der Waals surface area contributed by atoms with Crippen LogP contribution < -0.4 is 15.5 Å². The molecule has 260 valence electrons. The molecule has 1 saturated heterocycles. The lowest BCUT2D eigenvalue weighted by atomic mass is 9.97. The van der Waals surface area contributed by atoms with Gasteiger partial charge < -0.3 is 14.7 Å². The Bertz CT molecular complexity index is 2070. The van der Waals surface area contributed by atoms with E-state index in [1.54, 1.807) is 18.2 Å². The van der Waals surface area contributed by atoms with Gasteiger partial charge in [-0.2, -0.15) is 5.26 Å². The normalized spacial score (nSPS) is 17.6. The Morgan fingerprint density at radius 3 is 2.41 bits per heavy atom. The average Bonchev–Trinajstić information content (AvgIpc) is 3.80. The van der Waals surface area contributed by atoms with Crippen LogP contribution in [0.15, 0.2) is 65.2 Å². The minimum Gasteiger partial charge on any atom is -0.385 e. The van der Waals surface area contributed by atoms with Crippen LogP contribution in [0.4, 0.5) is 17.1 Å². The molecule has 1 aromatic heterocycles. The summed E-state index contributed by atoms with van der Waals surface area (Å²) in [5, 5.41) is 19.5. The van der Waals surface area contributed by atoms with Crippen LogP contribution in [0.5, 0.6) is 0 Å².